The number of carbonyl (C=O) groups is 2. The van der Waals surface area contributed by atoms with E-state index in [1.807, 2.05) is 35.2 Å². The molecular formula is C25H32N2O3S. The van der Waals surface area contributed by atoms with Crippen molar-refractivity contribution in [2.45, 2.75) is 58.2 Å². The van der Waals surface area contributed by atoms with E-state index in [4.69, 9.17) is 4.74 Å². The number of aryl methyl sites for hydroxylation is 1. The number of hydrogen-bond acceptors (Lipinski definition) is 4. The van der Waals surface area contributed by atoms with Gasteiger partial charge in [0.15, 0.2) is 0 Å². The zero-order chi connectivity index (χ0) is 21.6. The number of nitrogens with zero attached hydrogens (tertiary/aromatic N) is 2. The second kappa shape index (κ2) is 10.4. The fraction of sp³-hybridized carbons (Fsp3) is 0.520. The Morgan fingerprint density at radius 1 is 1.00 bits per heavy atom. The first-order valence-electron chi connectivity index (χ1n) is 11.4. The zero-order valence-corrected chi connectivity index (χ0v) is 19.1. The minimum atomic E-state index is 0.000534. The molecule has 1 atom stereocenters. The van der Waals surface area contributed by atoms with Crippen molar-refractivity contribution in [3.63, 3.8) is 0 Å². The minimum Gasteiger partial charge on any atom is -0.376 e. The summed E-state index contributed by atoms with van der Waals surface area (Å²) in [4.78, 5) is 32.6. The van der Waals surface area contributed by atoms with E-state index in [1.54, 1.807) is 16.2 Å². The Kier molecular flexibility index (Phi) is 7.41. The molecule has 6 heteroatoms. The van der Waals surface area contributed by atoms with Crippen LogP contribution in [0.1, 0.15) is 47.4 Å². The van der Waals surface area contributed by atoms with Gasteiger partial charge in [-0.2, -0.15) is 0 Å². The van der Waals surface area contributed by atoms with Crippen LogP contribution in [0.4, 0.5) is 0 Å². The molecule has 5 nitrogen and oxygen atoms in total. The zero-order valence-electron chi connectivity index (χ0n) is 18.3. The highest BCUT2D eigenvalue weighted by Gasteiger charge is 2.33. The van der Waals surface area contributed by atoms with Crippen molar-refractivity contribution < 1.29 is 14.3 Å². The van der Waals surface area contributed by atoms with E-state index in [1.165, 1.54) is 4.88 Å². The van der Waals surface area contributed by atoms with Gasteiger partial charge in [0.25, 0.3) is 0 Å². The highest BCUT2D eigenvalue weighted by Crippen LogP contribution is 2.29. The molecule has 31 heavy (non-hydrogen) atoms. The Morgan fingerprint density at radius 3 is 2.42 bits per heavy atom. The third kappa shape index (κ3) is 5.95. The number of amides is 2. The van der Waals surface area contributed by atoms with Crippen LogP contribution < -0.4 is 0 Å². The number of rotatable bonds is 9. The Morgan fingerprint density at radius 2 is 1.81 bits per heavy atom. The molecule has 1 saturated heterocycles. The molecule has 1 aromatic heterocycles. The topological polar surface area (TPSA) is 49.9 Å². The lowest BCUT2D eigenvalue weighted by Gasteiger charge is -2.34. The lowest BCUT2D eigenvalue weighted by Crippen LogP contribution is -2.48. The van der Waals surface area contributed by atoms with Crippen LogP contribution in [0.3, 0.4) is 0 Å². The fourth-order valence-corrected chi connectivity index (χ4v) is 5.14. The van der Waals surface area contributed by atoms with Gasteiger partial charge in [-0.3, -0.25) is 9.59 Å². The maximum Gasteiger partial charge on any atom is 0.242 e. The van der Waals surface area contributed by atoms with Gasteiger partial charge in [-0.25, -0.2) is 0 Å². The Labute approximate surface area is 189 Å². The van der Waals surface area contributed by atoms with E-state index in [9.17, 15) is 9.59 Å². The van der Waals surface area contributed by atoms with Gasteiger partial charge in [0, 0.05) is 35.4 Å². The third-order valence-corrected chi connectivity index (χ3v) is 7.24. The van der Waals surface area contributed by atoms with E-state index in [0.717, 1.165) is 49.2 Å². The molecule has 1 unspecified atom stereocenters. The van der Waals surface area contributed by atoms with Crippen molar-refractivity contribution in [2.24, 2.45) is 5.92 Å². The second-order valence-corrected chi connectivity index (χ2v) is 10.1. The van der Waals surface area contributed by atoms with Gasteiger partial charge in [0.2, 0.25) is 11.8 Å². The summed E-state index contributed by atoms with van der Waals surface area (Å²) < 4.78 is 5.78. The largest absolute Gasteiger partial charge is 0.376 e. The highest BCUT2D eigenvalue weighted by atomic mass is 32.1. The maximum atomic E-state index is 13.5. The molecular weight excluding hydrogens is 408 g/mol. The Bertz CT molecular complexity index is 872. The lowest BCUT2D eigenvalue weighted by molar-refractivity contribution is -0.146. The number of hydrogen-bond donors (Lipinski definition) is 0. The first-order chi connectivity index (χ1) is 15.1. The quantitative estimate of drug-likeness (QED) is 0.581. The molecule has 1 aliphatic carbocycles. The molecule has 1 aliphatic heterocycles. The normalized spacial score (nSPS) is 18.5. The summed E-state index contributed by atoms with van der Waals surface area (Å²) in [6, 6.07) is 14.3. The minimum absolute atomic E-state index is 0.000534. The number of carbonyl (C=O) groups excluding carboxylic acids is 2. The van der Waals surface area contributed by atoms with Gasteiger partial charge in [0.1, 0.15) is 0 Å². The first-order valence-corrected chi connectivity index (χ1v) is 12.2. The van der Waals surface area contributed by atoms with Crippen LogP contribution in [-0.2, 0) is 27.4 Å². The van der Waals surface area contributed by atoms with Crippen molar-refractivity contribution in [3.8, 4) is 0 Å². The molecule has 2 aliphatic rings. The van der Waals surface area contributed by atoms with Crippen molar-refractivity contribution in [1.29, 1.82) is 0 Å². The van der Waals surface area contributed by atoms with E-state index >= 15 is 0 Å². The van der Waals surface area contributed by atoms with Gasteiger partial charge in [-0.15, -0.1) is 11.3 Å². The molecule has 0 radical (unpaired) electrons. The van der Waals surface area contributed by atoms with Crippen LogP contribution in [-0.4, -0.2) is 47.4 Å². The SMILES string of the molecule is Cc1ccc(CN(Cc2ccccc2)C(=O)CN(CC2CCCO2)C(=O)C2CCC2)s1. The summed E-state index contributed by atoms with van der Waals surface area (Å²) in [6.07, 6.45) is 5.04. The maximum absolute atomic E-state index is 13.5. The van der Waals surface area contributed by atoms with Crippen LogP contribution in [0.15, 0.2) is 42.5 Å². The molecule has 2 fully saturated rings. The van der Waals surface area contributed by atoms with E-state index in [2.05, 4.69) is 19.1 Å². The Hall–Kier alpha value is -2.18. The summed E-state index contributed by atoms with van der Waals surface area (Å²) in [6.45, 7) is 4.60. The van der Waals surface area contributed by atoms with Crippen LogP contribution in [0.5, 0.6) is 0 Å². The van der Waals surface area contributed by atoms with E-state index in [0.29, 0.717) is 19.6 Å². The molecule has 2 heterocycles. The lowest BCUT2D eigenvalue weighted by atomic mass is 9.84. The van der Waals surface area contributed by atoms with Crippen molar-refractivity contribution in [3.05, 3.63) is 57.8 Å². The molecule has 2 aromatic rings. The van der Waals surface area contributed by atoms with Crippen molar-refractivity contribution in [2.75, 3.05) is 19.7 Å². The fourth-order valence-electron chi connectivity index (χ4n) is 4.24. The summed E-state index contributed by atoms with van der Waals surface area (Å²) in [5.74, 6) is 0.207. The van der Waals surface area contributed by atoms with E-state index in [-0.39, 0.29) is 30.4 Å². The number of thiophene rings is 1. The van der Waals surface area contributed by atoms with Crippen LogP contribution in [0, 0.1) is 12.8 Å². The van der Waals surface area contributed by atoms with Crippen molar-refractivity contribution >= 4 is 23.2 Å². The molecule has 4 rings (SSSR count). The molecule has 1 aromatic carbocycles. The number of ether oxygens (including phenoxy) is 1. The van der Waals surface area contributed by atoms with Crippen molar-refractivity contribution in [1.82, 2.24) is 9.80 Å². The number of benzene rings is 1. The predicted molar refractivity (Wildman–Crippen MR) is 123 cm³/mol. The summed E-state index contributed by atoms with van der Waals surface area (Å²) in [7, 11) is 0. The predicted octanol–water partition coefficient (Wildman–Crippen LogP) is 4.39. The van der Waals surface area contributed by atoms with Gasteiger partial charge in [-0.1, -0.05) is 36.8 Å². The second-order valence-electron chi connectivity index (χ2n) is 8.73. The monoisotopic (exact) mass is 440 g/mol. The van der Waals surface area contributed by atoms with Crippen LogP contribution in [0.25, 0.3) is 0 Å². The van der Waals surface area contributed by atoms with Gasteiger partial charge in [-0.05, 0) is 50.3 Å². The average Bonchev–Trinajstić information content (AvgIpc) is 3.38. The molecule has 0 spiro atoms. The Balaban J connectivity index is 1.48. The smallest absolute Gasteiger partial charge is 0.242 e. The summed E-state index contributed by atoms with van der Waals surface area (Å²) >= 11 is 1.72. The van der Waals surface area contributed by atoms with Crippen LogP contribution >= 0.6 is 11.3 Å². The molecule has 2 amide bonds. The molecule has 0 bridgehead atoms. The highest BCUT2D eigenvalue weighted by molar-refractivity contribution is 7.11. The van der Waals surface area contributed by atoms with Gasteiger partial charge in [0.05, 0.1) is 19.2 Å². The summed E-state index contributed by atoms with van der Waals surface area (Å²) in [5, 5.41) is 0. The van der Waals surface area contributed by atoms with Gasteiger partial charge < -0.3 is 14.5 Å². The van der Waals surface area contributed by atoms with E-state index < -0.39 is 0 Å². The molecule has 0 N–H and O–H groups in total. The standard InChI is InChI=1S/C25H32N2O3S/c1-19-12-13-23(31-19)17-26(15-20-7-3-2-4-8-20)24(28)18-27(16-22-11-6-14-30-22)25(29)21-9-5-10-21/h2-4,7-8,12-13,21-22H,5-6,9-11,14-18H2,1H3. The van der Waals surface area contributed by atoms with Crippen LogP contribution in [0.2, 0.25) is 0 Å². The average molecular weight is 441 g/mol. The molecule has 166 valence electrons. The first kappa shape index (κ1) is 22.0. The third-order valence-electron chi connectivity index (χ3n) is 6.25. The summed E-state index contributed by atoms with van der Waals surface area (Å²) in [5.41, 5.74) is 1.10. The molecule has 1 saturated carbocycles. The van der Waals surface area contributed by atoms with Gasteiger partial charge >= 0.3 is 0 Å².